The molecular weight excluding hydrogens is 887 g/mol. The van der Waals surface area contributed by atoms with Crippen LogP contribution < -0.4 is 14.9 Å². The smallest absolute Gasteiger partial charge is 0.333 e. The Bertz CT molecular complexity index is 2620. The molecule has 3 aliphatic rings. The average Bonchev–Trinajstić information content (AvgIpc) is 3.71. The lowest BCUT2D eigenvalue weighted by molar-refractivity contribution is -0.684. The van der Waals surface area contributed by atoms with Crippen LogP contribution in [0.1, 0.15) is 94.1 Å². The second kappa shape index (κ2) is 19.3. The predicted molar refractivity (Wildman–Crippen MR) is 226 cm³/mol. The van der Waals surface area contributed by atoms with Gasteiger partial charge in [0.25, 0.3) is 48.1 Å². The number of pyridine rings is 1. The Balaban J connectivity index is 1.29. The van der Waals surface area contributed by atoms with Gasteiger partial charge in [-0.1, -0.05) is 32.1 Å². The maximum Gasteiger partial charge on any atom is 0.333 e. The van der Waals surface area contributed by atoms with Crippen molar-refractivity contribution in [2.45, 2.75) is 94.9 Å². The molecule has 342 valence electrons. The summed E-state index contributed by atoms with van der Waals surface area (Å²) in [5.74, 6) is -3.12. The summed E-state index contributed by atoms with van der Waals surface area (Å²) in [6, 6.07) is 5.80. The number of aliphatic imine (C=N–C) groups is 1. The van der Waals surface area contributed by atoms with Crippen LogP contribution in [0.15, 0.2) is 76.4 Å². The van der Waals surface area contributed by atoms with E-state index in [1.807, 2.05) is 32.6 Å². The maximum absolute atomic E-state index is 13.3. The Morgan fingerprint density at radius 1 is 0.857 bits per heavy atom. The molecule has 2 aromatic rings. The number of carbonyl (C=O) groups is 4. The van der Waals surface area contributed by atoms with E-state index in [0.717, 1.165) is 0 Å². The fourth-order valence-corrected chi connectivity index (χ4v) is 8.81. The molecule has 3 amide bonds. The normalized spacial score (nSPS) is 17.8. The second-order valence-electron chi connectivity index (χ2n) is 16.1. The number of amides is 3. The molecule has 4 heterocycles. The zero-order valence-electron chi connectivity index (χ0n) is 35.0. The van der Waals surface area contributed by atoms with Gasteiger partial charge in [-0.3, -0.25) is 32.9 Å². The van der Waals surface area contributed by atoms with E-state index < -0.39 is 76.4 Å². The van der Waals surface area contributed by atoms with Crippen molar-refractivity contribution in [1.82, 2.24) is 10.5 Å². The van der Waals surface area contributed by atoms with Crippen LogP contribution in [0.3, 0.4) is 0 Å². The minimum Gasteiger partial charge on any atom is -0.344 e. The van der Waals surface area contributed by atoms with Gasteiger partial charge < -0.3 is 9.74 Å². The van der Waals surface area contributed by atoms with Gasteiger partial charge in [-0.2, -0.15) is 25.3 Å². The summed E-state index contributed by atoms with van der Waals surface area (Å²) < 4.78 is 99.9. The zero-order valence-corrected chi connectivity index (χ0v) is 37.5. The number of nitrogens with zero attached hydrogens (tertiary/aromatic N) is 4. The number of imide groups is 1. The first kappa shape index (κ1) is 48.9. The van der Waals surface area contributed by atoms with Crippen LogP contribution in [0, 0.1) is 0 Å². The van der Waals surface area contributed by atoms with Crippen molar-refractivity contribution >= 4 is 71.3 Å². The molecule has 1 aromatic carbocycles. The number of nitrogens with one attached hydrogen (secondary N) is 1. The molecule has 0 radical (unpaired) electrons. The lowest BCUT2D eigenvalue weighted by Crippen LogP contribution is -2.38. The van der Waals surface area contributed by atoms with Crippen LogP contribution in [0.5, 0.6) is 0 Å². The molecule has 20 nitrogen and oxygen atoms in total. The molecule has 4 N–H and O–H groups in total. The highest BCUT2D eigenvalue weighted by molar-refractivity contribution is 7.86. The molecule has 0 aliphatic carbocycles. The van der Waals surface area contributed by atoms with Crippen molar-refractivity contribution in [2.24, 2.45) is 4.99 Å². The first-order valence-corrected chi connectivity index (χ1v) is 24.5. The second-order valence-corrected chi connectivity index (χ2v) is 20.6. The van der Waals surface area contributed by atoms with Crippen LogP contribution >= 0.6 is 0 Å². The highest BCUT2D eigenvalue weighted by Gasteiger charge is 2.43. The van der Waals surface area contributed by atoms with Gasteiger partial charge >= 0.3 is 11.8 Å². The molecule has 0 atom stereocenters. The summed E-state index contributed by atoms with van der Waals surface area (Å²) in [5, 5.41) is 0.470. The summed E-state index contributed by atoms with van der Waals surface area (Å²) in [4.78, 5) is 65.2. The summed E-state index contributed by atoms with van der Waals surface area (Å²) in [6.45, 7) is 7.74. The molecule has 0 saturated carbocycles. The Morgan fingerprint density at radius 3 is 2.17 bits per heavy atom. The first-order chi connectivity index (χ1) is 29.3. The minimum atomic E-state index is -4.51. The molecular formula is C40H50N5O15S3+. The van der Waals surface area contributed by atoms with Crippen LogP contribution in [0.2, 0.25) is 0 Å². The SMILES string of the molecule is CC1(C)C(/C=C/C=C/C=C2/N(CCCS(=O)(=O)O)c3ccc(S(=O)(=O)O)cc3C2(C)C)=Nc2c1cc(C(=O)NOCCCCC(=O)ON1C(=O)CCC1=O)c[n+]2CCCS(=O)(=O)O. The first-order valence-electron chi connectivity index (χ1n) is 19.8. The Hall–Kier alpha value is -5.17. The van der Waals surface area contributed by atoms with Crippen molar-refractivity contribution < 1.29 is 72.3 Å². The van der Waals surface area contributed by atoms with Gasteiger partial charge in [0.15, 0.2) is 5.71 Å². The number of hydroxylamine groups is 3. The van der Waals surface area contributed by atoms with Crippen molar-refractivity contribution in [1.29, 1.82) is 0 Å². The Kier molecular flexibility index (Phi) is 15.0. The van der Waals surface area contributed by atoms with E-state index in [0.29, 0.717) is 45.5 Å². The van der Waals surface area contributed by atoms with E-state index in [2.05, 4.69) is 5.48 Å². The zero-order chi connectivity index (χ0) is 46.5. The van der Waals surface area contributed by atoms with Gasteiger partial charge in [0.1, 0.15) is 6.20 Å². The van der Waals surface area contributed by atoms with E-state index in [-0.39, 0.29) is 68.7 Å². The Labute approximate surface area is 365 Å². The molecule has 5 rings (SSSR count). The van der Waals surface area contributed by atoms with Crippen molar-refractivity contribution in [3.63, 3.8) is 0 Å². The van der Waals surface area contributed by atoms with Crippen LogP contribution in [0.25, 0.3) is 0 Å². The molecule has 1 fully saturated rings. The third-order valence-electron chi connectivity index (χ3n) is 10.6. The number of anilines is 1. The molecule has 63 heavy (non-hydrogen) atoms. The standard InChI is InChI=1S/C40H49N5O15S3/c1-39(2)30-24-27(38(49)42-59-21-9-8-14-36(48)60-45-34(46)17-18-35(45)47)26-43(19-10-22-61(50,51)52)37(30)41-32(39)12-6-5-7-13-33-40(3,4)29-25-28(63(56,57)58)15-16-31(29)44(33)20-11-23-62(53,54)55/h5-7,12-13,15-16,24-26H,8-11,14,17-23H2,1-4H3,(H3-,42,49,50,51,52,53,54,55,56,57,58)/p+1. The van der Waals surface area contributed by atoms with Crippen molar-refractivity contribution in [2.75, 3.05) is 29.6 Å². The van der Waals surface area contributed by atoms with Crippen molar-refractivity contribution in [3.8, 4) is 0 Å². The number of allylic oxidation sites excluding steroid dienone is 6. The maximum atomic E-state index is 13.3. The quantitative estimate of drug-likeness (QED) is 0.0370. The van der Waals surface area contributed by atoms with Crippen LogP contribution in [-0.4, -0.2) is 98.0 Å². The van der Waals surface area contributed by atoms with Gasteiger partial charge in [0, 0.05) is 49.0 Å². The number of aromatic nitrogens is 1. The van der Waals surface area contributed by atoms with Gasteiger partial charge in [0.2, 0.25) is 0 Å². The number of rotatable bonds is 20. The van der Waals surface area contributed by atoms with E-state index in [9.17, 15) is 58.1 Å². The highest BCUT2D eigenvalue weighted by Crippen LogP contribution is 2.48. The minimum absolute atomic E-state index is 0.00270. The summed E-state index contributed by atoms with van der Waals surface area (Å²) in [5.41, 5.74) is 4.05. The van der Waals surface area contributed by atoms with Crippen molar-refractivity contribution in [3.05, 3.63) is 83.2 Å². The van der Waals surface area contributed by atoms with Gasteiger partial charge in [0.05, 0.1) is 46.1 Å². The molecule has 0 unspecified atom stereocenters. The largest absolute Gasteiger partial charge is 0.344 e. The monoisotopic (exact) mass is 936 g/mol. The van der Waals surface area contributed by atoms with E-state index in [4.69, 9.17) is 14.7 Å². The lowest BCUT2D eigenvalue weighted by Gasteiger charge is -2.27. The molecule has 1 saturated heterocycles. The topological polar surface area (TPSA) is 285 Å². The number of aryl methyl sites for hydroxylation is 1. The predicted octanol–water partition coefficient (Wildman–Crippen LogP) is 3.37. The lowest BCUT2D eigenvalue weighted by atomic mass is 9.81. The van der Waals surface area contributed by atoms with Gasteiger partial charge in [-0.05, 0) is 80.1 Å². The molecule has 3 aliphatic heterocycles. The number of fused-ring (bicyclic) bond motifs is 2. The summed E-state index contributed by atoms with van der Waals surface area (Å²) in [6.07, 6.45) is 10.7. The van der Waals surface area contributed by atoms with E-state index in [1.54, 1.807) is 41.0 Å². The number of unbranched alkanes of at least 4 members (excludes halogenated alkanes) is 1. The number of carbonyl (C=O) groups excluding carboxylic acids is 4. The fraction of sp³-hybridized carbons (Fsp3) is 0.450. The fourth-order valence-electron chi connectivity index (χ4n) is 7.32. The van der Waals surface area contributed by atoms with Crippen LogP contribution in [-0.2, 0) is 71.8 Å². The third-order valence-corrected chi connectivity index (χ3v) is 13.1. The molecule has 1 aromatic heterocycles. The summed E-state index contributed by atoms with van der Waals surface area (Å²) >= 11 is 0. The molecule has 23 heteroatoms. The number of benzene rings is 1. The number of hydrogen-bond acceptors (Lipinski definition) is 14. The Morgan fingerprint density at radius 2 is 1.52 bits per heavy atom. The molecule has 0 spiro atoms. The van der Waals surface area contributed by atoms with Gasteiger partial charge in [-0.25, -0.2) is 14.8 Å². The summed E-state index contributed by atoms with van der Waals surface area (Å²) in [7, 11) is -13.0. The third kappa shape index (κ3) is 12.3. The van der Waals surface area contributed by atoms with E-state index in [1.165, 1.54) is 24.4 Å². The van der Waals surface area contributed by atoms with Gasteiger partial charge in [-0.15, -0.1) is 5.06 Å². The number of hydrogen-bond donors (Lipinski definition) is 4. The van der Waals surface area contributed by atoms with Crippen LogP contribution in [0.4, 0.5) is 11.5 Å². The average molecular weight is 937 g/mol. The molecule has 0 bridgehead atoms. The van der Waals surface area contributed by atoms with E-state index >= 15 is 0 Å². The highest BCUT2D eigenvalue weighted by atomic mass is 32.2.